The molecule has 0 heterocycles. The van der Waals surface area contributed by atoms with Gasteiger partial charge in [-0.1, -0.05) is 48.5 Å². The minimum Gasteiger partial charge on any atom is -0.385 e. The van der Waals surface area contributed by atoms with Gasteiger partial charge in [0.1, 0.15) is 36.4 Å². The highest BCUT2D eigenvalue weighted by molar-refractivity contribution is 5.31. The summed E-state index contributed by atoms with van der Waals surface area (Å²) in [6.45, 7) is 0.656. The molecule has 0 spiro atoms. The van der Waals surface area contributed by atoms with E-state index in [0.29, 0.717) is 12.6 Å². The summed E-state index contributed by atoms with van der Waals surface area (Å²) in [4.78, 5) is 0. The molecule has 0 unspecified atom stereocenters. The number of nitrogens with two attached hydrogens (primary N) is 1. The number of rotatable bonds is 8. The van der Waals surface area contributed by atoms with Crippen molar-refractivity contribution in [3.8, 4) is 0 Å². The van der Waals surface area contributed by atoms with Gasteiger partial charge >= 0.3 is 0 Å². The fourth-order valence-corrected chi connectivity index (χ4v) is 4.29. The maximum Gasteiger partial charge on any atom is 0.126 e. The molecule has 0 saturated carbocycles. The van der Waals surface area contributed by atoms with Crippen LogP contribution in [0.25, 0.3) is 0 Å². The van der Waals surface area contributed by atoms with Gasteiger partial charge in [0.2, 0.25) is 0 Å². The molecule has 1 aliphatic carbocycles. The monoisotopic (exact) mass is 424 g/mol. The van der Waals surface area contributed by atoms with Crippen LogP contribution in [0, 0.1) is 11.6 Å². The normalized spacial score (nSPS) is 16.8. The summed E-state index contributed by atoms with van der Waals surface area (Å²) in [5, 5.41) is 12.8. The van der Waals surface area contributed by atoms with Gasteiger partial charge in [-0.15, -0.1) is 0 Å². The van der Waals surface area contributed by atoms with Crippen LogP contribution in [0.2, 0.25) is 0 Å². The molecular formula is C26H28F2NO2+. The smallest absolute Gasteiger partial charge is 0.126 e. The Morgan fingerprint density at radius 3 is 2.16 bits per heavy atom. The number of hydrogen-bond donors (Lipinski definition) is 2. The Bertz CT molecular complexity index is 930. The molecule has 1 aliphatic rings. The third kappa shape index (κ3) is 5.56. The average molecular weight is 425 g/mol. The van der Waals surface area contributed by atoms with Crippen molar-refractivity contribution in [1.29, 1.82) is 0 Å². The zero-order valence-corrected chi connectivity index (χ0v) is 17.4. The van der Waals surface area contributed by atoms with Gasteiger partial charge in [-0.3, -0.25) is 0 Å². The Hall–Kier alpha value is -2.60. The number of aliphatic hydroxyl groups is 1. The summed E-state index contributed by atoms with van der Waals surface area (Å²) in [6, 6.07) is 21.0. The molecule has 4 rings (SSSR count). The third-order valence-electron chi connectivity index (χ3n) is 5.91. The maximum absolute atomic E-state index is 13.4. The minimum absolute atomic E-state index is 0.129. The Labute approximate surface area is 181 Å². The summed E-state index contributed by atoms with van der Waals surface area (Å²) in [6.07, 6.45) is 2.20. The zero-order valence-electron chi connectivity index (χ0n) is 17.4. The average Bonchev–Trinajstić information content (AvgIpc) is 2.80. The quantitative estimate of drug-likeness (QED) is 0.573. The van der Waals surface area contributed by atoms with Gasteiger partial charge in [0.15, 0.2) is 0 Å². The van der Waals surface area contributed by atoms with Gasteiger partial charge in [0, 0.05) is 12.0 Å². The van der Waals surface area contributed by atoms with Crippen LogP contribution in [-0.4, -0.2) is 24.4 Å². The van der Waals surface area contributed by atoms with Gasteiger partial charge < -0.3 is 15.2 Å². The molecule has 0 aromatic heterocycles. The van der Waals surface area contributed by atoms with Crippen LogP contribution in [0.15, 0.2) is 72.8 Å². The number of fused-ring (bicyclic) bond motifs is 1. The van der Waals surface area contributed by atoms with E-state index >= 15 is 0 Å². The number of ether oxygens (including phenoxy) is 1. The first-order valence-corrected chi connectivity index (χ1v) is 10.8. The predicted octanol–water partition coefficient (Wildman–Crippen LogP) is 4.07. The Balaban J connectivity index is 1.39. The van der Waals surface area contributed by atoms with E-state index in [-0.39, 0.29) is 18.2 Å². The highest BCUT2D eigenvalue weighted by atomic mass is 19.1. The van der Waals surface area contributed by atoms with Crippen molar-refractivity contribution < 1.29 is 23.9 Å². The lowest BCUT2D eigenvalue weighted by atomic mass is 9.88. The molecular weight excluding hydrogens is 396 g/mol. The number of aryl methyl sites for hydroxylation is 1. The van der Waals surface area contributed by atoms with Crippen molar-refractivity contribution in [2.75, 3.05) is 13.2 Å². The molecule has 3 N–H and O–H groups in total. The standard InChI is InChI=1S/C26H27F2NO2/c27-21-12-8-19(9-13-21)26(20-10-14-22(28)15-11-20)31-17-23(30)16-29-25-7-3-5-18-4-1-2-6-24(18)25/h1-2,4,6,8-15,23,25-26,29-30H,3,5,7,16-17H2/p+1/t23-,25+/m1/s1. The third-order valence-corrected chi connectivity index (χ3v) is 5.91. The first-order chi connectivity index (χ1) is 15.1. The summed E-state index contributed by atoms with van der Waals surface area (Å²) in [5.41, 5.74) is 4.27. The molecule has 3 aromatic rings. The van der Waals surface area contributed by atoms with Gasteiger partial charge in [-0.25, -0.2) is 8.78 Å². The first kappa shape index (κ1) is 21.6. The molecule has 3 aromatic carbocycles. The van der Waals surface area contributed by atoms with Gasteiger partial charge in [0.25, 0.3) is 0 Å². The van der Waals surface area contributed by atoms with Crippen LogP contribution >= 0.6 is 0 Å². The fraction of sp³-hybridized carbons (Fsp3) is 0.308. The molecule has 0 fully saturated rings. The van der Waals surface area contributed by atoms with E-state index in [4.69, 9.17) is 4.74 Å². The van der Waals surface area contributed by atoms with Crippen LogP contribution in [0.5, 0.6) is 0 Å². The fourth-order valence-electron chi connectivity index (χ4n) is 4.29. The van der Waals surface area contributed by atoms with E-state index in [0.717, 1.165) is 30.4 Å². The lowest BCUT2D eigenvalue weighted by Crippen LogP contribution is -2.87. The van der Waals surface area contributed by atoms with E-state index in [1.54, 1.807) is 24.3 Å². The zero-order chi connectivity index (χ0) is 21.6. The summed E-state index contributed by atoms with van der Waals surface area (Å²) < 4.78 is 32.8. The topological polar surface area (TPSA) is 46.1 Å². The Kier molecular flexibility index (Phi) is 7.07. The molecule has 5 heteroatoms. The van der Waals surface area contributed by atoms with Crippen molar-refractivity contribution in [2.24, 2.45) is 0 Å². The minimum atomic E-state index is -0.655. The Morgan fingerprint density at radius 2 is 1.52 bits per heavy atom. The molecule has 2 atom stereocenters. The number of quaternary nitrogens is 1. The molecule has 31 heavy (non-hydrogen) atoms. The van der Waals surface area contributed by atoms with Crippen molar-refractivity contribution in [3.63, 3.8) is 0 Å². The van der Waals surface area contributed by atoms with Gasteiger partial charge in [-0.2, -0.15) is 0 Å². The molecule has 0 aliphatic heterocycles. The van der Waals surface area contributed by atoms with Crippen LogP contribution in [0.3, 0.4) is 0 Å². The highest BCUT2D eigenvalue weighted by Gasteiger charge is 2.24. The van der Waals surface area contributed by atoms with Gasteiger partial charge in [0.05, 0.1) is 6.61 Å². The second-order valence-corrected chi connectivity index (χ2v) is 8.14. The first-order valence-electron chi connectivity index (χ1n) is 10.8. The summed E-state index contributed by atoms with van der Waals surface area (Å²) >= 11 is 0. The molecule has 0 amide bonds. The van der Waals surface area contributed by atoms with E-state index in [9.17, 15) is 13.9 Å². The SMILES string of the molecule is O[C@H](C[NH2+][C@H]1CCCc2ccccc21)COC(c1ccc(F)cc1)c1ccc(F)cc1. The predicted molar refractivity (Wildman–Crippen MR) is 116 cm³/mol. The van der Waals surface area contributed by atoms with Crippen LogP contribution in [0.1, 0.15) is 47.2 Å². The largest absolute Gasteiger partial charge is 0.385 e. The lowest BCUT2D eigenvalue weighted by Gasteiger charge is -2.25. The van der Waals surface area contributed by atoms with Gasteiger partial charge in [-0.05, 0) is 53.8 Å². The van der Waals surface area contributed by atoms with E-state index in [2.05, 4.69) is 29.6 Å². The number of hydrogen-bond acceptors (Lipinski definition) is 2. The van der Waals surface area contributed by atoms with Crippen LogP contribution in [-0.2, 0) is 11.2 Å². The van der Waals surface area contributed by atoms with Crippen molar-refractivity contribution in [3.05, 3.63) is 107 Å². The van der Waals surface area contributed by atoms with Crippen LogP contribution < -0.4 is 5.32 Å². The van der Waals surface area contributed by atoms with Crippen molar-refractivity contribution in [2.45, 2.75) is 37.5 Å². The van der Waals surface area contributed by atoms with E-state index < -0.39 is 12.2 Å². The number of halogens is 2. The van der Waals surface area contributed by atoms with Crippen LogP contribution in [0.4, 0.5) is 8.78 Å². The molecule has 0 saturated heterocycles. The second-order valence-electron chi connectivity index (χ2n) is 8.14. The lowest BCUT2D eigenvalue weighted by molar-refractivity contribution is -0.703. The number of aliphatic hydroxyl groups excluding tert-OH is 1. The highest BCUT2D eigenvalue weighted by Crippen LogP contribution is 2.28. The second kappa shape index (κ2) is 10.1. The molecule has 3 nitrogen and oxygen atoms in total. The van der Waals surface area contributed by atoms with Crippen molar-refractivity contribution >= 4 is 0 Å². The van der Waals surface area contributed by atoms with E-state index in [1.807, 2.05) is 0 Å². The Morgan fingerprint density at radius 1 is 0.903 bits per heavy atom. The maximum atomic E-state index is 13.4. The number of benzene rings is 3. The summed E-state index contributed by atoms with van der Waals surface area (Å²) in [5.74, 6) is -0.659. The molecule has 0 radical (unpaired) electrons. The summed E-state index contributed by atoms with van der Waals surface area (Å²) in [7, 11) is 0. The van der Waals surface area contributed by atoms with Crippen molar-refractivity contribution in [1.82, 2.24) is 0 Å². The molecule has 162 valence electrons. The van der Waals surface area contributed by atoms with E-state index in [1.165, 1.54) is 35.4 Å². The molecule has 0 bridgehead atoms.